The first-order valence-corrected chi connectivity index (χ1v) is 6.36. The van der Waals surface area contributed by atoms with E-state index in [1.54, 1.807) is 0 Å². The third kappa shape index (κ3) is 2.44. The lowest BCUT2D eigenvalue weighted by molar-refractivity contribution is 0.269. The molecule has 0 saturated heterocycles. The van der Waals surface area contributed by atoms with Gasteiger partial charge in [-0.1, -0.05) is 55.3 Å². The standard InChI is InChI=1S/C16H16N2/c17-12-16(13-18)11-5-4-8-15(16)10-9-14-6-2-1-3-7-14/h1-3,6-7,9-10,15H,4-5,8,11H2/b10-9+. The number of rotatable bonds is 2. The molecule has 1 aromatic rings. The highest BCUT2D eigenvalue weighted by Gasteiger charge is 2.39. The number of allylic oxidation sites excluding steroid dienone is 1. The van der Waals surface area contributed by atoms with Gasteiger partial charge in [0.1, 0.15) is 5.41 Å². The van der Waals surface area contributed by atoms with E-state index in [9.17, 15) is 10.5 Å². The van der Waals surface area contributed by atoms with Gasteiger partial charge in [0.2, 0.25) is 0 Å². The summed E-state index contributed by atoms with van der Waals surface area (Å²) in [6.45, 7) is 0. The van der Waals surface area contributed by atoms with Crippen molar-refractivity contribution in [1.29, 1.82) is 10.5 Å². The van der Waals surface area contributed by atoms with Crippen LogP contribution in [0.2, 0.25) is 0 Å². The van der Waals surface area contributed by atoms with Crippen LogP contribution in [0.1, 0.15) is 31.2 Å². The smallest absolute Gasteiger partial charge is 0.150 e. The molecular weight excluding hydrogens is 220 g/mol. The van der Waals surface area contributed by atoms with Gasteiger partial charge in [-0.3, -0.25) is 0 Å². The van der Waals surface area contributed by atoms with E-state index in [4.69, 9.17) is 0 Å². The summed E-state index contributed by atoms with van der Waals surface area (Å²) in [7, 11) is 0. The van der Waals surface area contributed by atoms with Crippen LogP contribution >= 0.6 is 0 Å². The van der Waals surface area contributed by atoms with Crippen LogP contribution in [0.5, 0.6) is 0 Å². The molecule has 0 spiro atoms. The first-order chi connectivity index (χ1) is 8.80. The molecule has 0 bridgehead atoms. The SMILES string of the molecule is N#CC1(C#N)CCCCC1/C=C/c1ccccc1. The van der Waals surface area contributed by atoms with Crippen molar-refractivity contribution in [3.63, 3.8) is 0 Å². The molecule has 2 heteroatoms. The van der Waals surface area contributed by atoms with Crippen molar-refractivity contribution >= 4 is 6.08 Å². The molecule has 2 nitrogen and oxygen atoms in total. The Morgan fingerprint density at radius 3 is 2.50 bits per heavy atom. The van der Waals surface area contributed by atoms with Crippen LogP contribution in [-0.2, 0) is 0 Å². The zero-order chi connectivity index (χ0) is 12.8. The van der Waals surface area contributed by atoms with E-state index in [1.807, 2.05) is 42.5 Å². The fourth-order valence-electron chi connectivity index (χ4n) is 2.55. The molecular formula is C16H16N2. The maximum Gasteiger partial charge on any atom is 0.150 e. The van der Waals surface area contributed by atoms with Gasteiger partial charge in [0, 0.05) is 5.92 Å². The topological polar surface area (TPSA) is 47.6 Å². The summed E-state index contributed by atoms with van der Waals surface area (Å²) in [5.74, 6) is 0.0569. The van der Waals surface area contributed by atoms with E-state index in [0.717, 1.165) is 24.8 Å². The van der Waals surface area contributed by atoms with Gasteiger partial charge in [0.05, 0.1) is 12.1 Å². The van der Waals surface area contributed by atoms with Crippen LogP contribution in [0.15, 0.2) is 36.4 Å². The third-order valence-corrected chi connectivity index (χ3v) is 3.69. The largest absolute Gasteiger partial charge is 0.197 e. The molecule has 0 heterocycles. The Morgan fingerprint density at radius 1 is 1.11 bits per heavy atom. The van der Waals surface area contributed by atoms with Gasteiger partial charge in [-0.05, 0) is 18.4 Å². The minimum Gasteiger partial charge on any atom is -0.197 e. The quantitative estimate of drug-likeness (QED) is 0.781. The number of nitrogens with zero attached hydrogens (tertiary/aromatic N) is 2. The van der Waals surface area contributed by atoms with Gasteiger partial charge in [0.25, 0.3) is 0 Å². The lowest BCUT2D eigenvalue weighted by atomic mass is 9.68. The zero-order valence-electron chi connectivity index (χ0n) is 10.3. The predicted octanol–water partition coefficient (Wildman–Crippen LogP) is 3.92. The summed E-state index contributed by atoms with van der Waals surface area (Å²) in [4.78, 5) is 0. The summed E-state index contributed by atoms with van der Waals surface area (Å²) in [6.07, 6.45) is 7.79. The van der Waals surface area contributed by atoms with Crippen LogP contribution in [0.3, 0.4) is 0 Å². The molecule has 1 fully saturated rings. The molecule has 2 rings (SSSR count). The lowest BCUT2D eigenvalue weighted by Gasteiger charge is -2.31. The molecule has 1 saturated carbocycles. The van der Waals surface area contributed by atoms with Crippen molar-refractivity contribution in [3.05, 3.63) is 42.0 Å². The summed E-state index contributed by atoms with van der Waals surface area (Å²) in [5, 5.41) is 18.6. The average molecular weight is 236 g/mol. The Balaban J connectivity index is 2.19. The number of hydrogen-bond acceptors (Lipinski definition) is 2. The Labute approximate surface area is 108 Å². The second-order valence-corrected chi connectivity index (χ2v) is 4.82. The Hall–Kier alpha value is -2.06. The number of nitriles is 2. The molecule has 1 atom stereocenters. The minimum absolute atomic E-state index is 0.0569. The third-order valence-electron chi connectivity index (χ3n) is 3.69. The van der Waals surface area contributed by atoms with Gasteiger partial charge in [-0.15, -0.1) is 0 Å². The highest BCUT2D eigenvalue weighted by molar-refractivity contribution is 5.49. The molecule has 1 aliphatic carbocycles. The molecule has 0 aromatic heterocycles. The summed E-state index contributed by atoms with van der Waals surface area (Å²) in [5.41, 5.74) is 0.302. The van der Waals surface area contributed by atoms with E-state index in [1.165, 1.54) is 0 Å². The Bertz CT molecular complexity index is 488. The first-order valence-electron chi connectivity index (χ1n) is 6.36. The Morgan fingerprint density at radius 2 is 1.83 bits per heavy atom. The lowest BCUT2D eigenvalue weighted by Crippen LogP contribution is -2.29. The monoisotopic (exact) mass is 236 g/mol. The van der Waals surface area contributed by atoms with Crippen LogP contribution in [-0.4, -0.2) is 0 Å². The molecule has 1 unspecified atom stereocenters. The summed E-state index contributed by atoms with van der Waals surface area (Å²) < 4.78 is 0. The Kier molecular flexibility index (Phi) is 3.80. The van der Waals surface area contributed by atoms with Crippen molar-refractivity contribution in [2.24, 2.45) is 11.3 Å². The fourth-order valence-corrected chi connectivity index (χ4v) is 2.55. The van der Waals surface area contributed by atoms with Crippen molar-refractivity contribution in [2.75, 3.05) is 0 Å². The zero-order valence-corrected chi connectivity index (χ0v) is 10.3. The van der Waals surface area contributed by atoms with Crippen molar-refractivity contribution in [2.45, 2.75) is 25.7 Å². The van der Waals surface area contributed by atoms with E-state index in [-0.39, 0.29) is 5.92 Å². The van der Waals surface area contributed by atoms with Gasteiger partial charge in [-0.2, -0.15) is 10.5 Å². The molecule has 0 amide bonds. The summed E-state index contributed by atoms with van der Waals surface area (Å²) >= 11 is 0. The van der Waals surface area contributed by atoms with E-state index in [2.05, 4.69) is 12.1 Å². The van der Waals surface area contributed by atoms with Gasteiger partial charge in [0.15, 0.2) is 0 Å². The van der Waals surface area contributed by atoms with Gasteiger partial charge in [-0.25, -0.2) is 0 Å². The fraction of sp³-hybridized carbons (Fsp3) is 0.375. The van der Waals surface area contributed by atoms with E-state index in [0.29, 0.717) is 6.42 Å². The molecule has 18 heavy (non-hydrogen) atoms. The van der Waals surface area contributed by atoms with Gasteiger partial charge < -0.3 is 0 Å². The molecule has 1 aromatic carbocycles. The second-order valence-electron chi connectivity index (χ2n) is 4.82. The molecule has 1 aliphatic rings. The van der Waals surface area contributed by atoms with Crippen molar-refractivity contribution in [3.8, 4) is 12.1 Å². The van der Waals surface area contributed by atoms with Gasteiger partial charge >= 0.3 is 0 Å². The van der Waals surface area contributed by atoms with Crippen LogP contribution in [0.4, 0.5) is 0 Å². The predicted molar refractivity (Wildman–Crippen MR) is 71.1 cm³/mol. The van der Waals surface area contributed by atoms with Crippen LogP contribution in [0, 0.1) is 34.0 Å². The number of hydrogen-bond donors (Lipinski definition) is 0. The van der Waals surface area contributed by atoms with Crippen LogP contribution < -0.4 is 0 Å². The number of benzene rings is 1. The van der Waals surface area contributed by atoms with Crippen molar-refractivity contribution in [1.82, 2.24) is 0 Å². The second kappa shape index (κ2) is 5.52. The van der Waals surface area contributed by atoms with E-state index < -0.39 is 5.41 Å². The van der Waals surface area contributed by atoms with Crippen molar-refractivity contribution < 1.29 is 0 Å². The maximum absolute atomic E-state index is 9.30. The first kappa shape index (κ1) is 12.4. The molecule has 90 valence electrons. The molecule has 0 N–H and O–H groups in total. The van der Waals surface area contributed by atoms with E-state index >= 15 is 0 Å². The molecule has 0 aliphatic heterocycles. The van der Waals surface area contributed by atoms with Crippen LogP contribution in [0.25, 0.3) is 6.08 Å². The highest BCUT2D eigenvalue weighted by Crippen LogP contribution is 2.41. The highest BCUT2D eigenvalue weighted by atomic mass is 14.5. The maximum atomic E-state index is 9.30. The molecule has 0 radical (unpaired) electrons. The summed E-state index contributed by atoms with van der Waals surface area (Å²) in [6, 6.07) is 14.5. The average Bonchev–Trinajstić information content (AvgIpc) is 2.46. The minimum atomic E-state index is -0.816. The normalized spacial score (nSPS) is 22.2.